The monoisotopic (exact) mass is 237 g/mol. The van der Waals surface area contributed by atoms with E-state index in [1.54, 1.807) is 11.9 Å². The van der Waals surface area contributed by atoms with Crippen molar-refractivity contribution in [3.63, 3.8) is 0 Å². The summed E-state index contributed by atoms with van der Waals surface area (Å²) >= 11 is 0. The van der Waals surface area contributed by atoms with Crippen LogP contribution in [0.25, 0.3) is 0 Å². The molecule has 5 nitrogen and oxygen atoms in total. The highest BCUT2D eigenvalue weighted by Crippen LogP contribution is 2.25. The molecule has 2 amide bonds. The molecule has 17 heavy (non-hydrogen) atoms. The molecule has 94 valence electrons. The maximum Gasteiger partial charge on any atom is 0.317 e. The number of urea groups is 1. The molecular formula is C12H19N3O2. The molecule has 0 unspecified atom stereocenters. The van der Waals surface area contributed by atoms with Gasteiger partial charge in [0.2, 0.25) is 0 Å². The van der Waals surface area contributed by atoms with E-state index in [4.69, 9.17) is 4.52 Å². The number of carbonyl (C=O) groups excluding carboxylic acids is 1. The van der Waals surface area contributed by atoms with Gasteiger partial charge in [0.05, 0.1) is 6.54 Å². The highest BCUT2D eigenvalue weighted by molar-refractivity contribution is 5.73. The minimum atomic E-state index is -0.0439. The number of rotatable bonds is 4. The van der Waals surface area contributed by atoms with Crippen molar-refractivity contribution < 1.29 is 9.32 Å². The van der Waals surface area contributed by atoms with Crippen LogP contribution in [-0.4, -0.2) is 29.7 Å². The van der Waals surface area contributed by atoms with E-state index in [2.05, 4.69) is 10.5 Å². The van der Waals surface area contributed by atoms with Crippen LogP contribution in [0.1, 0.15) is 30.7 Å². The summed E-state index contributed by atoms with van der Waals surface area (Å²) < 4.78 is 4.96. The summed E-state index contributed by atoms with van der Waals surface area (Å²) in [5, 5.41) is 6.80. The van der Waals surface area contributed by atoms with Crippen molar-refractivity contribution >= 4 is 6.03 Å². The zero-order valence-corrected chi connectivity index (χ0v) is 10.4. The van der Waals surface area contributed by atoms with Gasteiger partial charge in [0, 0.05) is 19.7 Å². The van der Waals surface area contributed by atoms with Crippen LogP contribution >= 0.6 is 0 Å². The number of aryl methyl sites for hydroxylation is 1. The molecule has 0 bridgehead atoms. The third kappa shape index (κ3) is 3.22. The third-order valence-corrected chi connectivity index (χ3v) is 3.19. The first-order valence-corrected chi connectivity index (χ1v) is 6.06. The van der Waals surface area contributed by atoms with Crippen molar-refractivity contribution in [1.82, 2.24) is 15.4 Å². The maximum absolute atomic E-state index is 11.8. The summed E-state index contributed by atoms with van der Waals surface area (Å²) in [4.78, 5) is 13.4. The minimum absolute atomic E-state index is 0.0439. The lowest BCUT2D eigenvalue weighted by Gasteiger charge is -2.26. The van der Waals surface area contributed by atoms with Crippen LogP contribution in [0, 0.1) is 12.8 Å². The summed E-state index contributed by atoms with van der Waals surface area (Å²) in [7, 11) is 1.76. The fourth-order valence-corrected chi connectivity index (χ4v) is 1.87. The highest BCUT2D eigenvalue weighted by Gasteiger charge is 2.19. The Bertz CT molecular complexity index is 385. The van der Waals surface area contributed by atoms with Gasteiger partial charge in [0.15, 0.2) is 0 Å². The smallest absolute Gasteiger partial charge is 0.317 e. The average Bonchev–Trinajstić information content (AvgIpc) is 2.61. The molecule has 1 aliphatic rings. The zero-order valence-electron chi connectivity index (χ0n) is 10.4. The standard InChI is InChI=1S/C12H19N3O2/c1-9-6-11(14-17-9)8-15(2)12(16)13-7-10-4-3-5-10/h6,10H,3-5,7-8H2,1-2H3,(H,13,16). The molecule has 0 aromatic carbocycles. The molecule has 1 N–H and O–H groups in total. The van der Waals surface area contributed by atoms with Gasteiger partial charge >= 0.3 is 6.03 Å². The largest absolute Gasteiger partial charge is 0.361 e. The number of aromatic nitrogens is 1. The topological polar surface area (TPSA) is 58.4 Å². The zero-order chi connectivity index (χ0) is 12.3. The summed E-state index contributed by atoms with van der Waals surface area (Å²) in [5.41, 5.74) is 0.781. The first-order chi connectivity index (χ1) is 8.15. The van der Waals surface area contributed by atoms with Gasteiger partial charge in [-0.05, 0) is 25.7 Å². The lowest BCUT2D eigenvalue weighted by molar-refractivity contribution is 0.199. The van der Waals surface area contributed by atoms with Crippen molar-refractivity contribution in [2.45, 2.75) is 32.7 Å². The van der Waals surface area contributed by atoms with E-state index in [9.17, 15) is 4.79 Å². The number of hydrogen-bond donors (Lipinski definition) is 1. The Hall–Kier alpha value is -1.52. The Morgan fingerprint density at radius 3 is 2.94 bits per heavy atom. The average molecular weight is 237 g/mol. The Balaban J connectivity index is 1.74. The fraction of sp³-hybridized carbons (Fsp3) is 0.667. The van der Waals surface area contributed by atoms with Crippen LogP contribution in [0.2, 0.25) is 0 Å². The number of nitrogens with one attached hydrogen (secondary N) is 1. The summed E-state index contributed by atoms with van der Waals surface area (Å²) in [6.45, 7) is 3.11. The van der Waals surface area contributed by atoms with Gasteiger partial charge in [0.25, 0.3) is 0 Å². The summed E-state index contributed by atoms with van der Waals surface area (Å²) in [6, 6.07) is 1.80. The van der Waals surface area contributed by atoms with E-state index < -0.39 is 0 Å². The Morgan fingerprint density at radius 2 is 2.41 bits per heavy atom. The molecule has 1 aliphatic carbocycles. The molecule has 0 atom stereocenters. The van der Waals surface area contributed by atoms with E-state index in [1.165, 1.54) is 19.3 Å². The number of amides is 2. The van der Waals surface area contributed by atoms with E-state index in [-0.39, 0.29) is 6.03 Å². The molecule has 1 aromatic heterocycles. The van der Waals surface area contributed by atoms with Gasteiger partial charge in [-0.2, -0.15) is 0 Å². The van der Waals surface area contributed by atoms with Crippen molar-refractivity contribution in [3.8, 4) is 0 Å². The molecule has 0 saturated heterocycles. The fourth-order valence-electron chi connectivity index (χ4n) is 1.87. The quantitative estimate of drug-likeness (QED) is 0.870. The molecule has 0 aliphatic heterocycles. The predicted octanol–water partition coefficient (Wildman–Crippen LogP) is 1.92. The molecule has 5 heteroatoms. The predicted molar refractivity (Wildman–Crippen MR) is 63.4 cm³/mol. The Kier molecular flexibility index (Phi) is 3.66. The molecule has 1 fully saturated rings. The van der Waals surface area contributed by atoms with Crippen LogP contribution in [0.5, 0.6) is 0 Å². The summed E-state index contributed by atoms with van der Waals surface area (Å²) in [5.74, 6) is 1.45. The lowest BCUT2D eigenvalue weighted by atomic mass is 9.85. The van der Waals surface area contributed by atoms with Gasteiger partial charge in [0.1, 0.15) is 11.5 Å². The normalized spacial score (nSPS) is 15.4. The van der Waals surface area contributed by atoms with Gasteiger partial charge in [-0.15, -0.1) is 0 Å². The molecular weight excluding hydrogens is 218 g/mol. The molecule has 0 spiro atoms. The van der Waals surface area contributed by atoms with Crippen molar-refractivity contribution in [2.75, 3.05) is 13.6 Å². The van der Waals surface area contributed by atoms with Crippen LogP contribution in [0.4, 0.5) is 4.79 Å². The first-order valence-electron chi connectivity index (χ1n) is 6.06. The third-order valence-electron chi connectivity index (χ3n) is 3.19. The lowest BCUT2D eigenvalue weighted by Crippen LogP contribution is -2.40. The van der Waals surface area contributed by atoms with E-state index in [0.29, 0.717) is 12.5 Å². The van der Waals surface area contributed by atoms with Crippen LogP contribution < -0.4 is 5.32 Å². The van der Waals surface area contributed by atoms with Gasteiger partial charge < -0.3 is 14.7 Å². The molecule has 1 saturated carbocycles. The molecule has 0 radical (unpaired) electrons. The minimum Gasteiger partial charge on any atom is -0.361 e. The molecule has 2 rings (SSSR count). The Labute approximate surface area is 101 Å². The van der Waals surface area contributed by atoms with E-state index in [1.807, 2.05) is 13.0 Å². The van der Waals surface area contributed by atoms with Gasteiger partial charge in [-0.25, -0.2) is 4.79 Å². The van der Waals surface area contributed by atoms with Crippen molar-refractivity contribution in [1.29, 1.82) is 0 Å². The summed E-state index contributed by atoms with van der Waals surface area (Å²) in [6.07, 6.45) is 3.79. The van der Waals surface area contributed by atoms with E-state index in [0.717, 1.165) is 18.0 Å². The Morgan fingerprint density at radius 1 is 1.65 bits per heavy atom. The second kappa shape index (κ2) is 5.21. The van der Waals surface area contributed by atoms with Gasteiger partial charge in [-0.1, -0.05) is 11.6 Å². The highest BCUT2D eigenvalue weighted by atomic mass is 16.5. The van der Waals surface area contributed by atoms with Crippen LogP contribution in [0.3, 0.4) is 0 Å². The maximum atomic E-state index is 11.8. The number of hydrogen-bond acceptors (Lipinski definition) is 3. The second-order valence-corrected chi connectivity index (χ2v) is 4.77. The van der Waals surface area contributed by atoms with Crippen molar-refractivity contribution in [3.05, 3.63) is 17.5 Å². The van der Waals surface area contributed by atoms with Gasteiger partial charge in [-0.3, -0.25) is 0 Å². The first kappa shape index (κ1) is 12.0. The van der Waals surface area contributed by atoms with Crippen LogP contribution in [-0.2, 0) is 6.54 Å². The van der Waals surface area contributed by atoms with E-state index >= 15 is 0 Å². The number of nitrogens with zero attached hydrogens (tertiary/aromatic N) is 2. The van der Waals surface area contributed by atoms with Crippen molar-refractivity contribution in [2.24, 2.45) is 5.92 Å². The number of carbonyl (C=O) groups is 1. The van der Waals surface area contributed by atoms with Crippen LogP contribution in [0.15, 0.2) is 10.6 Å². The SMILES string of the molecule is Cc1cc(CN(C)C(=O)NCC2CCC2)no1. The second-order valence-electron chi connectivity index (χ2n) is 4.77. The molecule has 1 aromatic rings. The molecule has 1 heterocycles.